The van der Waals surface area contributed by atoms with E-state index in [9.17, 15) is 13.9 Å². The molecule has 0 aliphatic rings. The monoisotopic (exact) mass is 324 g/mol. The fourth-order valence-electron chi connectivity index (χ4n) is 1.54. The maximum atomic E-state index is 11.1. The van der Waals surface area contributed by atoms with Gasteiger partial charge in [0.15, 0.2) is 0 Å². The summed E-state index contributed by atoms with van der Waals surface area (Å²) in [6.07, 6.45) is 0.818. The van der Waals surface area contributed by atoms with Crippen molar-refractivity contribution in [3.63, 3.8) is 0 Å². The first-order valence-electron chi connectivity index (χ1n) is 5.12. The lowest BCUT2D eigenvalue weighted by Gasteiger charge is -2.27. The molecule has 9 nitrogen and oxygen atoms in total. The highest BCUT2D eigenvalue weighted by Gasteiger charge is 2.45. The zero-order valence-corrected chi connectivity index (χ0v) is 11.7. The summed E-state index contributed by atoms with van der Waals surface area (Å²) in [5.74, 6) is -0.0674. The summed E-state index contributed by atoms with van der Waals surface area (Å²) >= 11 is 0. The molecule has 0 heterocycles. The third-order valence-corrected chi connectivity index (χ3v) is 5.34. The van der Waals surface area contributed by atoms with Crippen LogP contribution in [-0.4, -0.2) is 41.4 Å². The van der Waals surface area contributed by atoms with Crippen LogP contribution in [0.2, 0.25) is 0 Å². The van der Waals surface area contributed by atoms with E-state index in [0.29, 0.717) is 5.56 Å². The molecule has 0 bridgehead atoms. The summed E-state index contributed by atoms with van der Waals surface area (Å²) < 4.78 is 21.8. The number of hydrogen-bond acceptors (Lipinski definition) is 4. The van der Waals surface area contributed by atoms with E-state index in [1.807, 2.05) is 0 Å². The summed E-state index contributed by atoms with van der Waals surface area (Å²) in [5.41, 5.74) is 0.336. The van der Waals surface area contributed by atoms with Crippen LogP contribution in [-0.2, 0) is 20.3 Å². The summed E-state index contributed by atoms with van der Waals surface area (Å²) in [6.45, 7) is 0. The minimum atomic E-state index is -5.36. The molecule has 0 fully saturated rings. The molecule has 0 saturated heterocycles. The molecule has 111 valence electrons. The first-order valence-corrected chi connectivity index (χ1v) is 8.25. The summed E-state index contributed by atoms with van der Waals surface area (Å²) in [7, 11) is -10.7. The van der Waals surface area contributed by atoms with Gasteiger partial charge in [-0.1, -0.05) is 16.6 Å². The number of carbonyl (C=O) groups excluding carboxylic acids is 1. The second kappa shape index (κ2) is 6.15. The van der Waals surface area contributed by atoms with Crippen LogP contribution in [0.1, 0.15) is 5.56 Å². The lowest BCUT2D eigenvalue weighted by atomic mass is 10.1. The highest BCUT2D eigenvalue weighted by molar-refractivity contribution is 7.65. The molecule has 0 aliphatic heterocycles. The van der Waals surface area contributed by atoms with Gasteiger partial charge in [0.25, 0.3) is 0 Å². The Bertz CT molecular complexity index is 540. The molecule has 0 spiro atoms. The van der Waals surface area contributed by atoms with Crippen LogP contribution in [0.4, 0.5) is 0 Å². The lowest BCUT2D eigenvalue weighted by Crippen LogP contribution is -2.33. The molecule has 1 aromatic carbocycles. The van der Waals surface area contributed by atoms with Crippen molar-refractivity contribution in [1.29, 1.82) is 0 Å². The van der Waals surface area contributed by atoms with Crippen LogP contribution >= 0.6 is 15.5 Å². The van der Waals surface area contributed by atoms with Crippen molar-refractivity contribution in [3.8, 4) is 5.75 Å². The average Bonchev–Trinajstić information content (AvgIpc) is 2.27. The van der Waals surface area contributed by atoms with Crippen molar-refractivity contribution in [2.75, 3.05) is 0 Å². The van der Waals surface area contributed by atoms with Gasteiger partial charge < -0.3 is 24.7 Å². The van der Waals surface area contributed by atoms with Crippen LogP contribution in [0.25, 0.3) is 0 Å². The summed E-state index contributed by atoms with van der Waals surface area (Å²) in [6, 6.07) is 3.38. The molecular weight excluding hydrogens is 312 g/mol. The number of phenols is 1. The summed E-state index contributed by atoms with van der Waals surface area (Å²) in [4.78, 5) is 46.7. The first kappa shape index (κ1) is 17.0. The lowest BCUT2D eigenvalue weighted by molar-refractivity contribution is 0.255. The summed E-state index contributed by atoms with van der Waals surface area (Å²) in [5, 5.41) is 9.08. The zero-order valence-electron chi connectivity index (χ0n) is 9.90. The Morgan fingerprint density at radius 3 is 1.85 bits per heavy atom. The van der Waals surface area contributed by atoms with Gasteiger partial charge in [-0.25, -0.2) is 9.13 Å². The largest absolute Gasteiger partial charge is 0.508 e. The van der Waals surface area contributed by atoms with Crippen molar-refractivity contribution >= 4 is 21.8 Å². The van der Waals surface area contributed by atoms with Crippen LogP contribution in [0.5, 0.6) is 5.75 Å². The van der Waals surface area contributed by atoms with Crippen LogP contribution in [0, 0.1) is 0 Å². The van der Waals surface area contributed by atoms with E-state index in [1.54, 1.807) is 0 Å². The molecule has 1 atom stereocenters. The van der Waals surface area contributed by atoms with E-state index in [2.05, 4.69) is 0 Å². The predicted octanol–water partition coefficient (Wildman–Crippen LogP) is -0.0996. The second-order valence-electron chi connectivity index (χ2n) is 3.85. The van der Waals surface area contributed by atoms with E-state index in [0.717, 1.165) is 0 Å². The molecule has 0 aromatic heterocycles. The SMILES string of the molecule is O=[C]C(Cc1ccc(O)cc1)N(P(=O)(O)O)P(=O)(O)O. The van der Waals surface area contributed by atoms with E-state index in [-0.39, 0.29) is 12.2 Å². The van der Waals surface area contributed by atoms with Gasteiger partial charge in [0.1, 0.15) is 11.8 Å². The fourth-order valence-corrected chi connectivity index (χ4v) is 3.74. The number of phenolic OH excluding ortho intramolecular Hbond substituents is 1. The smallest absolute Gasteiger partial charge is 0.413 e. The molecule has 1 aromatic rings. The van der Waals surface area contributed by atoms with E-state index < -0.39 is 26.0 Å². The Kier molecular flexibility index (Phi) is 5.23. The molecule has 5 N–H and O–H groups in total. The normalized spacial score (nSPS) is 14.2. The van der Waals surface area contributed by atoms with Crippen molar-refractivity contribution in [3.05, 3.63) is 29.8 Å². The van der Waals surface area contributed by atoms with Crippen molar-refractivity contribution in [1.82, 2.24) is 4.44 Å². The number of rotatable bonds is 6. The molecule has 0 aliphatic carbocycles. The second-order valence-corrected chi connectivity index (χ2v) is 7.08. The van der Waals surface area contributed by atoms with E-state index in [1.165, 1.54) is 30.6 Å². The zero-order chi connectivity index (χ0) is 15.6. The molecule has 1 rings (SSSR count). The maximum absolute atomic E-state index is 11.1. The van der Waals surface area contributed by atoms with Crippen molar-refractivity contribution in [2.24, 2.45) is 0 Å². The Hall–Kier alpha value is -1.05. The van der Waals surface area contributed by atoms with Gasteiger partial charge in [0.2, 0.25) is 6.29 Å². The van der Waals surface area contributed by atoms with Crippen molar-refractivity contribution < 1.29 is 38.6 Å². The Balaban J connectivity index is 3.09. The quantitative estimate of drug-likeness (QED) is 0.451. The van der Waals surface area contributed by atoms with E-state index >= 15 is 0 Å². The van der Waals surface area contributed by atoms with Crippen LogP contribution < -0.4 is 0 Å². The number of benzene rings is 1. The van der Waals surface area contributed by atoms with Gasteiger partial charge in [-0.05, 0) is 24.1 Å². The van der Waals surface area contributed by atoms with Gasteiger partial charge in [-0.3, -0.25) is 4.79 Å². The molecule has 1 unspecified atom stereocenters. The highest BCUT2D eigenvalue weighted by Crippen LogP contribution is 2.59. The highest BCUT2D eigenvalue weighted by atomic mass is 31.3. The minimum absolute atomic E-state index is 0.0674. The van der Waals surface area contributed by atoms with Crippen LogP contribution in [0.15, 0.2) is 24.3 Å². The number of nitrogens with zero attached hydrogens (tertiary/aromatic N) is 1. The van der Waals surface area contributed by atoms with Gasteiger partial charge in [0, 0.05) is 0 Å². The molecular formula is C9H12NO8P2. The molecule has 0 saturated carbocycles. The van der Waals surface area contributed by atoms with Crippen LogP contribution in [0.3, 0.4) is 0 Å². The predicted molar refractivity (Wildman–Crippen MR) is 67.2 cm³/mol. The first-order chi connectivity index (χ1) is 9.05. The Labute approximate surface area is 113 Å². The average molecular weight is 324 g/mol. The molecule has 20 heavy (non-hydrogen) atoms. The minimum Gasteiger partial charge on any atom is -0.508 e. The number of hydrogen-bond donors (Lipinski definition) is 5. The third-order valence-electron chi connectivity index (χ3n) is 2.31. The fraction of sp³-hybridized carbons (Fsp3) is 0.222. The number of aromatic hydroxyl groups is 1. The van der Waals surface area contributed by atoms with Crippen molar-refractivity contribution in [2.45, 2.75) is 12.5 Å². The standard InChI is InChI=1S/C9H12NO8P2/c11-6-8(5-7-1-3-9(12)4-2-7)10(19(13,14)15)20(16,17)18/h1-4,8,12H,5H2,(H2,13,14,15)(H2,16,17,18). The molecule has 1 radical (unpaired) electrons. The topological polar surface area (TPSA) is 156 Å². The Morgan fingerprint density at radius 2 is 1.50 bits per heavy atom. The molecule has 0 amide bonds. The van der Waals surface area contributed by atoms with Gasteiger partial charge in [-0.2, -0.15) is 0 Å². The molecule has 11 heteroatoms. The van der Waals surface area contributed by atoms with Gasteiger partial charge in [-0.15, -0.1) is 0 Å². The maximum Gasteiger partial charge on any atom is 0.413 e. The van der Waals surface area contributed by atoms with Gasteiger partial charge >= 0.3 is 15.5 Å². The van der Waals surface area contributed by atoms with E-state index in [4.69, 9.17) is 24.7 Å². The third kappa shape index (κ3) is 4.50. The Morgan fingerprint density at radius 1 is 1.05 bits per heavy atom. The van der Waals surface area contributed by atoms with Gasteiger partial charge in [0.05, 0.1) is 0 Å².